The van der Waals surface area contributed by atoms with Crippen molar-refractivity contribution in [2.75, 3.05) is 11.5 Å². The standard InChI is InChI=1S/C9H17NO5S/c1-3-7(4-2)10-8(11)5-16(14,15)6-9(12)13/h7H,3-6H2,1-2H3,(H,10,11)(H,12,13). The summed E-state index contributed by atoms with van der Waals surface area (Å²) in [5, 5.41) is 10.9. The normalized spacial score (nSPS) is 11.4. The molecule has 0 aromatic carbocycles. The van der Waals surface area contributed by atoms with E-state index in [9.17, 15) is 18.0 Å². The van der Waals surface area contributed by atoms with Crippen molar-refractivity contribution >= 4 is 21.7 Å². The molecule has 0 heterocycles. The third-order valence-corrected chi connectivity index (χ3v) is 3.43. The lowest BCUT2D eigenvalue weighted by molar-refractivity contribution is -0.134. The monoisotopic (exact) mass is 251 g/mol. The first-order valence-corrected chi connectivity index (χ1v) is 6.84. The van der Waals surface area contributed by atoms with Gasteiger partial charge in [0.15, 0.2) is 9.84 Å². The first-order valence-electron chi connectivity index (χ1n) is 5.02. The van der Waals surface area contributed by atoms with Gasteiger partial charge in [0.2, 0.25) is 5.91 Å². The quantitative estimate of drug-likeness (QED) is 0.652. The van der Waals surface area contributed by atoms with E-state index in [-0.39, 0.29) is 6.04 Å². The average molecular weight is 251 g/mol. The zero-order chi connectivity index (χ0) is 12.8. The number of carbonyl (C=O) groups excluding carboxylic acids is 1. The van der Waals surface area contributed by atoms with Crippen LogP contribution in [-0.2, 0) is 19.4 Å². The van der Waals surface area contributed by atoms with Crippen molar-refractivity contribution in [2.45, 2.75) is 32.7 Å². The highest BCUT2D eigenvalue weighted by Gasteiger charge is 2.21. The van der Waals surface area contributed by atoms with Gasteiger partial charge in [-0.3, -0.25) is 9.59 Å². The van der Waals surface area contributed by atoms with E-state index >= 15 is 0 Å². The van der Waals surface area contributed by atoms with Gasteiger partial charge in [-0.25, -0.2) is 8.42 Å². The van der Waals surface area contributed by atoms with E-state index < -0.39 is 33.2 Å². The summed E-state index contributed by atoms with van der Waals surface area (Å²) in [4.78, 5) is 21.5. The number of rotatable bonds is 7. The number of carboxylic acid groups (broad SMARTS) is 1. The van der Waals surface area contributed by atoms with Gasteiger partial charge in [-0.1, -0.05) is 13.8 Å². The second-order valence-corrected chi connectivity index (χ2v) is 5.57. The Labute approximate surface area is 95.0 Å². The SMILES string of the molecule is CCC(CC)NC(=O)CS(=O)(=O)CC(=O)O. The van der Waals surface area contributed by atoms with Crippen molar-refractivity contribution in [3.63, 3.8) is 0 Å². The number of aliphatic carboxylic acids is 1. The van der Waals surface area contributed by atoms with Crippen LogP contribution in [0.15, 0.2) is 0 Å². The van der Waals surface area contributed by atoms with Crippen molar-refractivity contribution < 1.29 is 23.1 Å². The summed E-state index contributed by atoms with van der Waals surface area (Å²) in [5.41, 5.74) is 0. The van der Waals surface area contributed by atoms with Crippen LogP contribution in [0.2, 0.25) is 0 Å². The van der Waals surface area contributed by atoms with Gasteiger partial charge in [0.1, 0.15) is 11.5 Å². The number of amides is 1. The Morgan fingerprint density at radius 3 is 2.06 bits per heavy atom. The molecule has 0 spiro atoms. The Bertz CT molecular complexity index is 345. The molecule has 0 rings (SSSR count). The van der Waals surface area contributed by atoms with Crippen molar-refractivity contribution in [1.82, 2.24) is 5.32 Å². The number of nitrogens with one attached hydrogen (secondary N) is 1. The van der Waals surface area contributed by atoms with E-state index in [2.05, 4.69) is 5.32 Å². The molecular formula is C9H17NO5S. The van der Waals surface area contributed by atoms with Gasteiger partial charge in [-0.2, -0.15) is 0 Å². The van der Waals surface area contributed by atoms with E-state index in [1.165, 1.54) is 0 Å². The highest BCUT2D eigenvalue weighted by molar-refractivity contribution is 7.92. The molecule has 6 nitrogen and oxygen atoms in total. The minimum Gasteiger partial charge on any atom is -0.480 e. The molecule has 0 saturated carbocycles. The molecular weight excluding hydrogens is 234 g/mol. The average Bonchev–Trinajstić information content (AvgIpc) is 2.10. The van der Waals surface area contributed by atoms with E-state index in [0.717, 1.165) is 0 Å². The van der Waals surface area contributed by atoms with Crippen LogP contribution >= 0.6 is 0 Å². The molecule has 16 heavy (non-hydrogen) atoms. The fraction of sp³-hybridized carbons (Fsp3) is 0.778. The molecule has 0 bridgehead atoms. The fourth-order valence-corrected chi connectivity index (χ4v) is 2.16. The lowest BCUT2D eigenvalue weighted by Crippen LogP contribution is -2.38. The highest BCUT2D eigenvalue weighted by Crippen LogP contribution is 1.97. The van der Waals surface area contributed by atoms with Crippen LogP contribution < -0.4 is 5.32 Å². The first-order chi connectivity index (χ1) is 7.30. The van der Waals surface area contributed by atoms with Gasteiger partial charge in [0.25, 0.3) is 0 Å². The van der Waals surface area contributed by atoms with Crippen LogP contribution in [0.25, 0.3) is 0 Å². The van der Waals surface area contributed by atoms with Gasteiger partial charge >= 0.3 is 5.97 Å². The highest BCUT2D eigenvalue weighted by atomic mass is 32.2. The van der Waals surface area contributed by atoms with E-state index in [0.29, 0.717) is 12.8 Å². The van der Waals surface area contributed by atoms with Gasteiger partial charge in [-0.05, 0) is 12.8 Å². The molecule has 0 aliphatic rings. The maximum Gasteiger partial charge on any atom is 0.318 e. The zero-order valence-corrected chi connectivity index (χ0v) is 10.2. The van der Waals surface area contributed by atoms with Crippen molar-refractivity contribution in [3.05, 3.63) is 0 Å². The van der Waals surface area contributed by atoms with Crippen LogP contribution in [0.4, 0.5) is 0 Å². The van der Waals surface area contributed by atoms with Crippen molar-refractivity contribution in [2.24, 2.45) is 0 Å². The Hall–Kier alpha value is -1.11. The maximum absolute atomic E-state index is 11.3. The Morgan fingerprint density at radius 2 is 1.69 bits per heavy atom. The van der Waals surface area contributed by atoms with Crippen LogP contribution in [0.3, 0.4) is 0 Å². The zero-order valence-electron chi connectivity index (χ0n) is 9.39. The van der Waals surface area contributed by atoms with E-state index in [1.54, 1.807) is 0 Å². The topological polar surface area (TPSA) is 101 Å². The molecule has 0 aliphatic heterocycles. The molecule has 7 heteroatoms. The lowest BCUT2D eigenvalue weighted by Gasteiger charge is -2.14. The molecule has 0 aromatic rings. The summed E-state index contributed by atoms with van der Waals surface area (Å²) in [6.07, 6.45) is 1.42. The van der Waals surface area contributed by atoms with E-state index in [4.69, 9.17) is 5.11 Å². The largest absolute Gasteiger partial charge is 0.480 e. The van der Waals surface area contributed by atoms with Crippen molar-refractivity contribution in [1.29, 1.82) is 0 Å². The predicted octanol–water partition coefficient (Wildman–Crippen LogP) is -0.209. The molecule has 2 N–H and O–H groups in total. The van der Waals surface area contributed by atoms with Crippen molar-refractivity contribution in [3.8, 4) is 0 Å². The molecule has 0 radical (unpaired) electrons. The van der Waals surface area contributed by atoms with Crippen LogP contribution in [-0.4, -0.2) is 42.9 Å². The van der Waals surface area contributed by atoms with E-state index in [1.807, 2.05) is 13.8 Å². The minimum atomic E-state index is -3.85. The van der Waals surface area contributed by atoms with Gasteiger partial charge in [-0.15, -0.1) is 0 Å². The van der Waals surface area contributed by atoms with Gasteiger partial charge in [0, 0.05) is 6.04 Å². The number of sulfone groups is 1. The Morgan fingerprint density at radius 1 is 1.19 bits per heavy atom. The molecule has 0 aliphatic carbocycles. The predicted molar refractivity (Wildman–Crippen MR) is 58.8 cm³/mol. The third kappa shape index (κ3) is 6.39. The number of carbonyl (C=O) groups is 2. The molecule has 0 saturated heterocycles. The molecule has 0 unspecified atom stereocenters. The van der Waals surface area contributed by atoms with Crippen LogP contribution in [0.5, 0.6) is 0 Å². The minimum absolute atomic E-state index is 0.0625. The smallest absolute Gasteiger partial charge is 0.318 e. The molecule has 0 fully saturated rings. The number of carboxylic acids is 1. The van der Waals surface area contributed by atoms with Crippen LogP contribution in [0.1, 0.15) is 26.7 Å². The summed E-state index contributed by atoms with van der Waals surface area (Å²) < 4.78 is 22.3. The number of hydrogen-bond donors (Lipinski definition) is 2. The van der Waals surface area contributed by atoms with Crippen LogP contribution in [0, 0.1) is 0 Å². The summed E-state index contributed by atoms with van der Waals surface area (Å²) in [6, 6.07) is -0.0625. The Balaban J connectivity index is 4.29. The summed E-state index contributed by atoms with van der Waals surface area (Å²) >= 11 is 0. The fourth-order valence-electron chi connectivity index (χ4n) is 1.20. The second kappa shape index (κ2) is 6.47. The first kappa shape index (κ1) is 14.9. The summed E-state index contributed by atoms with van der Waals surface area (Å²) in [7, 11) is -3.85. The molecule has 94 valence electrons. The van der Waals surface area contributed by atoms with Gasteiger partial charge < -0.3 is 10.4 Å². The summed E-state index contributed by atoms with van der Waals surface area (Å²) in [5.74, 6) is -3.87. The maximum atomic E-state index is 11.3. The summed E-state index contributed by atoms with van der Waals surface area (Å²) in [6.45, 7) is 3.75. The number of hydrogen-bond acceptors (Lipinski definition) is 4. The molecule has 0 atom stereocenters. The molecule has 1 amide bonds. The second-order valence-electron chi connectivity index (χ2n) is 3.51. The third-order valence-electron chi connectivity index (χ3n) is 2.05. The van der Waals surface area contributed by atoms with Gasteiger partial charge in [0.05, 0.1) is 0 Å². The lowest BCUT2D eigenvalue weighted by atomic mass is 10.2. The molecule has 0 aromatic heterocycles. The Kier molecular flexibility index (Phi) is 6.02.